The van der Waals surface area contributed by atoms with Gasteiger partial charge in [-0.3, -0.25) is 0 Å². The van der Waals surface area contributed by atoms with Crippen molar-refractivity contribution in [3.63, 3.8) is 0 Å². The summed E-state index contributed by atoms with van der Waals surface area (Å²) in [5.74, 6) is 0. The fourth-order valence-electron chi connectivity index (χ4n) is 2.01. The average Bonchev–Trinajstić information content (AvgIpc) is 2.73. The van der Waals surface area contributed by atoms with Crippen molar-refractivity contribution in [1.82, 2.24) is 0 Å². The Kier molecular flexibility index (Phi) is 17.8. The average molecular weight is 412 g/mol. The molecule has 0 radical (unpaired) electrons. The molecule has 29 heavy (non-hydrogen) atoms. The molecule has 0 aliphatic rings. The smallest absolute Gasteiger partial charge is 0.0637 e. The molecule has 0 spiro atoms. The van der Waals surface area contributed by atoms with Crippen LogP contribution in [0.25, 0.3) is 41.8 Å². The molecule has 0 aliphatic carbocycles. The first-order chi connectivity index (χ1) is 14.2. The summed E-state index contributed by atoms with van der Waals surface area (Å²) in [6, 6.07) is 0. The number of rotatable bonds is 20. The highest BCUT2D eigenvalue weighted by atomic mass is 16.5. The second-order valence-corrected chi connectivity index (χ2v) is 5.53. The molecular weight excluding hydrogens is 388 g/mol. The Bertz CT molecular complexity index is 512. The van der Waals surface area contributed by atoms with Crippen LogP contribution in [0.5, 0.6) is 0 Å². The first-order valence-electron chi connectivity index (χ1n) is 8.59. The molecule has 0 N–H and O–H groups in total. The lowest BCUT2D eigenvalue weighted by Gasteiger charge is -2.33. The Hall–Kier alpha value is -2.92. The van der Waals surface area contributed by atoms with E-state index in [2.05, 4.69) is 40.1 Å². The van der Waals surface area contributed by atoms with Gasteiger partial charge in [0, 0.05) is 45.8 Å². The fraction of sp³-hybridized carbons (Fsp3) is 1.00. The molecule has 0 aromatic rings. The van der Waals surface area contributed by atoms with Gasteiger partial charge in [0.25, 0.3) is 0 Å². The Balaban J connectivity index is 4.93. The molecule has 0 amide bonds. The molecule has 16 nitrogen and oxygen atoms in total. The number of nitrogens with zero attached hydrogens (tertiary/aromatic N) is 12. The Morgan fingerprint density at radius 1 is 0.483 bits per heavy atom. The molecule has 0 atom stereocenters. The van der Waals surface area contributed by atoms with Gasteiger partial charge in [-0.1, -0.05) is 20.5 Å². The van der Waals surface area contributed by atoms with Crippen molar-refractivity contribution >= 4 is 0 Å². The van der Waals surface area contributed by atoms with E-state index in [0.717, 1.165) is 0 Å². The highest BCUT2D eigenvalue weighted by Crippen LogP contribution is 2.21. The molecule has 0 fully saturated rings. The van der Waals surface area contributed by atoms with Gasteiger partial charge in [0.1, 0.15) is 0 Å². The van der Waals surface area contributed by atoms with Crippen LogP contribution in [0, 0.1) is 5.41 Å². The SMILES string of the molecule is [N-]=[N+]=NCCOCC(COCCN=[N+]=[N-])(COCCN=[N+]=[N-])COCCN=[N+]=[N-]. The molecule has 0 heterocycles. The molecule has 0 rings (SSSR count). The maximum atomic E-state index is 8.33. The lowest BCUT2D eigenvalue weighted by Crippen LogP contribution is -2.42. The zero-order valence-electron chi connectivity index (χ0n) is 16.0. The van der Waals surface area contributed by atoms with Crippen molar-refractivity contribution < 1.29 is 18.9 Å². The Labute approximate surface area is 166 Å². The van der Waals surface area contributed by atoms with E-state index in [-0.39, 0.29) is 79.0 Å². The van der Waals surface area contributed by atoms with Crippen molar-refractivity contribution in [2.75, 3.05) is 79.0 Å². The van der Waals surface area contributed by atoms with Gasteiger partial charge in [0.2, 0.25) is 0 Å². The predicted molar refractivity (Wildman–Crippen MR) is 102 cm³/mol. The summed E-state index contributed by atoms with van der Waals surface area (Å²) >= 11 is 0. The quantitative estimate of drug-likeness (QED) is 0.127. The molecule has 160 valence electrons. The van der Waals surface area contributed by atoms with Gasteiger partial charge in [-0.15, -0.1) is 0 Å². The van der Waals surface area contributed by atoms with E-state index in [1.807, 2.05) is 0 Å². The van der Waals surface area contributed by atoms with Crippen molar-refractivity contribution in [3.05, 3.63) is 41.8 Å². The summed E-state index contributed by atoms with van der Waals surface area (Å²) in [5, 5.41) is 13.6. The number of hydrogen-bond donors (Lipinski definition) is 0. The second kappa shape index (κ2) is 19.8. The summed E-state index contributed by atoms with van der Waals surface area (Å²) in [4.78, 5) is 10.6. The van der Waals surface area contributed by atoms with Crippen LogP contribution in [-0.2, 0) is 18.9 Å². The van der Waals surface area contributed by atoms with Gasteiger partial charge in [0.15, 0.2) is 0 Å². The molecule has 0 saturated carbocycles. The Morgan fingerprint density at radius 2 is 0.724 bits per heavy atom. The molecule has 0 aromatic carbocycles. The molecule has 16 heteroatoms. The van der Waals surface area contributed by atoms with Crippen molar-refractivity contribution in [2.24, 2.45) is 25.9 Å². The first kappa shape index (κ1) is 26.1. The van der Waals surface area contributed by atoms with E-state index in [4.69, 9.17) is 41.1 Å². The summed E-state index contributed by atoms with van der Waals surface area (Å²) in [6.07, 6.45) is 0. The zero-order valence-corrected chi connectivity index (χ0v) is 16.0. The minimum atomic E-state index is -0.737. The van der Waals surface area contributed by atoms with Gasteiger partial charge in [0.05, 0.1) is 58.3 Å². The fourth-order valence-corrected chi connectivity index (χ4v) is 2.01. The highest BCUT2D eigenvalue weighted by Gasteiger charge is 2.32. The van der Waals surface area contributed by atoms with Crippen molar-refractivity contribution in [2.45, 2.75) is 0 Å². The van der Waals surface area contributed by atoms with Gasteiger partial charge < -0.3 is 18.9 Å². The summed E-state index contributed by atoms with van der Waals surface area (Å²) in [5.41, 5.74) is 32.6. The van der Waals surface area contributed by atoms with E-state index < -0.39 is 5.41 Å². The van der Waals surface area contributed by atoms with Gasteiger partial charge in [-0.25, -0.2) is 0 Å². The van der Waals surface area contributed by atoms with Crippen molar-refractivity contribution in [1.29, 1.82) is 0 Å². The van der Waals surface area contributed by atoms with E-state index in [1.54, 1.807) is 0 Å². The molecule has 0 saturated heterocycles. The number of hydrogen-bond acceptors (Lipinski definition) is 8. The van der Waals surface area contributed by atoms with Gasteiger partial charge in [-0.05, 0) is 22.1 Å². The van der Waals surface area contributed by atoms with Crippen LogP contribution >= 0.6 is 0 Å². The molecule has 0 unspecified atom stereocenters. The molecule has 0 aromatic heterocycles. The number of ether oxygens (including phenoxy) is 4. The zero-order chi connectivity index (χ0) is 21.5. The minimum absolute atomic E-state index is 0.165. The molecule has 0 aliphatic heterocycles. The lowest BCUT2D eigenvalue weighted by molar-refractivity contribution is -0.103. The monoisotopic (exact) mass is 412 g/mol. The minimum Gasteiger partial charge on any atom is -0.380 e. The third-order valence-corrected chi connectivity index (χ3v) is 3.23. The maximum Gasteiger partial charge on any atom is 0.0637 e. The standard InChI is InChI=1S/C13H24N12O4/c14-22-18-1-5-26-9-13(10-27-6-2-19-23-15,11-28-7-3-20-24-16)12-29-8-4-21-25-17/h1-12H2. The number of azide groups is 4. The summed E-state index contributed by atoms with van der Waals surface area (Å²) in [7, 11) is 0. The first-order valence-corrected chi connectivity index (χ1v) is 8.59. The lowest BCUT2D eigenvalue weighted by atomic mass is 9.92. The van der Waals surface area contributed by atoms with Crippen molar-refractivity contribution in [3.8, 4) is 0 Å². The van der Waals surface area contributed by atoms with Crippen LogP contribution in [0.2, 0.25) is 0 Å². The normalized spacial score (nSPS) is 11.9. The third-order valence-electron chi connectivity index (χ3n) is 3.23. The third kappa shape index (κ3) is 15.8. The van der Waals surface area contributed by atoms with Crippen LogP contribution in [0.15, 0.2) is 20.5 Å². The van der Waals surface area contributed by atoms with Gasteiger partial charge in [-0.2, -0.15) is 0 Å². The Morgan fingerprint density at radius 3 is 0.931 bits per heavy atom. The highest BCUT2D eigenvalue weighted by molar-refractivity contribution is 4.80. The van der Waals surface area contributed by atoms with E-state index in [1.165, 1.54) is 0 Å². The summed E-state index contributed by atoms with van der Waals surface area (Å²) in [6.45, 7) is 2.11. The maximum absolute atomic E-state index is 8.33. The van der Waals surface area contributed by atoms with E-state index in [9.17, 15) is 0 Å². The van der Waals surface area contributed by atoms with Crippen LogP contribution in [0.1, 0.15) is 0 Å². The van der Waals surface area contributed by atoms with Crippen LogP contribution in [0.3, 0.4) is 0 Å². The predicted octanol–water partition coefficient (Wildman–Crippen LogP) is 3.28. The van der Waals surface area contributed by atoms with E-state index >= 15 is 0 Å². The van der Waals surface area contributed by atoms with E-state index in [0.29, 0.717) is 0 Å². The van der Waals surface area contributed by atoms with Crippen LogP contribution in [-0.4, -0.2) is 79.0 Å². The second-order valence-electron chi connectivity index (χ2n) is 5.53. The van der Waals surface area contributed by atoms with Crippen LogP contribution in [0.4, 0.5) is 0 Å². The summed E-state index contributed by atoms with van der Waals surface area (Å²) < 4.78 is 22.3. The topological polar surface area (TPSA) is 232 Å². The largest absolute Gasteiger partial charge is 0.380 e. The van der Waals surface area contributed by atoms with Gasteiger partial charge >= 0.3 is 0 Å². The molecule has 0 bridgehead atoms. The van der Waals surface area contributed by atoms with Crippen LogP contribution < -0.4 is 0 Å². The molecular formula is C13H24N12O4.